The molecule has 1 aromatic heterocycles. The number of hydrogen-bond donors (Lipinski definition) is 0. The van der Waals surface area contributed by atoms with Gasteiger partial charge in [0.25, 0.3) is 11.8 Å². The fourth-order valence-corrected chi connectivity index (χ4v) is 3.86. The van der Waals surface area contributed by atoms with Crippen LogP contribution in [-0.4, -0.2) is 40.3 Å². The van der Waals surface area contributed by atoms with Crippen LogP contribution in [0.25, 0.3) is 0 Å². The van der Waals surface area contributed by atoms with Crippen molar-refractivity contribution in [1.82, 2.24) is 9.88 Å². The van der Waals surface area contributed by atoms with Crippen LogP contribution in [0, 0.1) is 6.92 Å². The van der Waals surface area contributed by atoms with E-state index >= 15 is 0 Å². The lowest BCUT2D eigenvalue weighted by molar-refractivity contribution is -0.122. The van der Waals surface area contributed by atoms with Crippen LogP contribution in [0.1, 0.15) is 34.8 Å². The predicted octanol–water partition coefficient (Wildman–Crippen LogP) is 3.76. The zero-order chi connectivity index (χ0) is 23.4. The summed E-state index contributed by atoms with van der Waals surface area (Å²) in [4.78, 5) is 46.5. The number of pyridine rings is 1. The molecule has 33 heavy (non-hydrogen) atoms. The van der Waals surface area contributed by atoms with Gasteiger partial charge in [-0.3, -0.25) is 19.4 Å². The van der Waals surface area contributed by atoms with E-state index in [1.54, 1.807) is 54.9 Å². The molecule has 0 radical (unpaired) electrons. The number of ether oxygens (including phenoxy) is 1. The third-order valence-corrected chi connectivity index (χ3v) is 5.54. The molecule has 2 heterocycles. The van der Waals surface area contributed by atoms with Gasteiger partial charge in [0.2, 0.25) is 5.91 Å². The van der Waals surface area contributed by atoms with Gasteiger partial charge in [-0.25, -0.2) is 4.90 Å². The number of amides is 3. The molecular weight excluding hydrogens is 418 g/mol. The Labute approximate surface area is 192 Å². The van der Waals surface area contributed by atoms with Gasteiger partial charge in [-0.15, -0.1) is 0 Å². The summed E-state index contributed by atoms with van der Waals surface area (Å²) in [5.41, 5.74) is 2.72. The van der Waals surface area contributed by atoms with Crippen LogP contribution in [0.5, 0.6) is 5.75 Å². The molecule has 3 aromatic rings. The molecule has 1 aliphatic heterocycles. The number of aromatic nitrogens is 1. The molecule has 0 saturated carbocycles. The van der Waals surface area contributed by atoms with E-state index < -0.39 is 11.9 Å². The summed E-state index contributed by atoms with van der Waals surface area (Å²) >= 11 is 0. The third-order valence-electron chi connectivity index (χ3n) is 5.54. The van der Waals surface area contributed by atoms with Crippen molar-refractivity contribution in [3.05, 3.63) is 89.7 Å². The van der Waals surface area contributed by atoms with Crippen LogP contribution in [0.15, 0.2) is 73.1 Å². The summed E-state index contributed by atoms with van der Waals surface area (Å²) in [7, 11) is 0. The SMILES string of the molecule is CCOc1ccc(N2C(=O)CC(N(Cc3cccnc3)C(=O)c3ccc(C)cc3)C2=O)cc1. The summed E-state index contributed by atoms with van der Waals surface area (Å²) in [5, 5.41) is 0. The average molecular weight is 444 g/mol. The Morgan fingerprint density at radius 3 is 2.45 bits per heavy atom. The maximum absolute atomic E-state index is 13.5. The molecule has 1 unspecified atom stereocenters. The molecule has 2 aromatic carbocycles. The quantitative estimate of drug-likeness (QED) is 0.520. The van der Waals surface area contributed by atoms with Crippen molar-refractivity contribution in [2.75, 3.05) is 11.5 Å². The van der Waals surface area contributed by atoms with Crippen molar-refractivity contribution in [3.63, 3.8) is 0 Å². The number of anilines is 1. The Morgan fingerprint density at radius 1 is 1.09 bits per heavy atom. The van der Waals surface area contributed by atoms with Crippen LogP contribution in [0.3, 0.4) is 0 Å². The van der Waals surface area contributed by atoms with Crippen molar-refractivity contribution in [2.45, 2.75) is 32.9 Å². The topological polar surface area (TPSA) is 79.8 Å². The van der Waals surface area contributed by atoms with Gasteiger partial charge in [0.15, 0.2) is 0 Å². The highest BCUT2D eigenvalue weighted by atomic mass is 16.5. The van der Waals surface area contributed by atoms with Gasteiger partial charge < -0.3 is 9.64 Å². The van der Waals surface area contributed by atoms with E-state index in [4.69, 9.17) is 4.74 Å². The fraction of sp³-hybridized carbons (Fsp3) is 0.231. The van der Waals surface area contributed by atoms with Gasteiger partial charge >= 0.3 is 0 Å². The largest absolute Gasteiger partial charge is 0.494 e. The third kappa shape index (κ3) is 4.77. The zero-order valence-electron chi connectivity index (χ0n) is 18.6. The zero-order valence-corrected chi connectivity index (χ0v) is 18.6. The van der Waals surface area contributed by atoms with Crippen LogP contribution >= 0.6 is 0 Å². The highest BCUT2D eigenvalue weighted by molar-refractivity contribution is 6.23. The lowest BCUT2D eigenvalue weighted by atomic mass is 10.1. The van der Waals surface area contributed by atoms with Crippen molar-refractivity contribution >= 4 is 23.4 Å². The van der Waals surface area contributed by atoms with Crippen molar-refractivity contribution in [2.24, 2.45) is 0 Å². The Hall–Kier alpha value is -4.00. The standard InChI is InChI=1S/C26H25N3O4/c1-3-33-22-12-10-21(11-13-22)29-24(30)15-23(26(29)32)28(17-19-5-4-14-27-16-19)25(31)20-8-6-18(2)7-9-20/h4-14,16,23H,3,15,17H2,1-2H3. The van der Waals surface area contributed by atoms with Gasteiger partial charge in [0, 0.05) is 24.5 Å². The van der Waals surface area contributed by atoms with Crippen molar-refractivity contribution < 1.29 is 19.1 Å². The fourth-order valence-electron chi connectivity index (χ4n) is 3.86. The summed E-state index contributed by atoms with van der Waals surface area (Å²) < 4.78 is 5.44. The van der Waals surface area contributed by atoms with Crippen LogP contribution in [0.4, 0.5) is 5.69 Å². The molecule has 0 bridgehead atoms. The molecule has 0 N–H and O–H groups in total. The number of aryl methyl sites for hydroxylation is 1. The highest BCUT2D eigenvalue weighted by Crippen LogP contribution is 2.29. The number of hydrogen-bond acceptors (Lipinski definition) is 5. The first-order chi connectivity index (χ1) is 16.0. The smallest absolute Gasteiger partial charge is 0.257 e. The van der Waals surface area contributed by atoms with Crippen LogP contribution in [-0.2, 0) is 16.1 Å². The van der Waals surface area contributed by atoms with E-state index in [0.717, 1.165) is 16.0 Å². The first-order valence-corrected chi connectivity index (χ1v) is 10.8. The Morgan fingerprint density at radius 2 is 1.82 bits per heavy atom. The maximum atomic E-state index is 13.5. The van der Waals surface area contributed by atoms with Crippen LogP contribution in [0.2, 0.25) is 0 Å². The summed E-state index contributed by atoms with van der Waals surface area (Å²) in [5.74, 6) is -0.418. The minimum atomic E-state index is -0.905. The second-order valence-electron chi connectivity index (χ2n) is 7.87. The minimum Gasteiger partial charge on any atom is -0.494 e. The second-order valence-corrected chi connectivity index (χ2v) is 7.87. The van der Waals surface area contributed by atoms with Gasteiger partial charge in [0.05, 0.1) is 18.7 Å². The number of carbonyl (C=O) groups is 3. The Bertz CT molecular complexity index is 1140. The predicted molar refractivity (Wildman–Crippen MR) is 124 cm³/mol. The van der Waals surface area contributed by atoms with Gasteiger partial charge in [-0.2, -0.15) is 0 Å². The second kappa shape index (κ2) is 9.65. The van der Waals surface area contributed by atoms with E-state index in [1.165, 1.54) is 4.90 Å². The molecule has 168 valence electrons. The molecule has 3 amide bonds. The van der Waals surface area contributed by atoms with Gasteiger partial charge in [0.1, 0.15) is 11.8 Å². The van der Waals surface area contributed by atoms with E-state index in [0.29, 0.717) is 23.6 Å². The van der Waals surface area contributed by atoms with Crippen LogP contribution < -0.4 is 9.64 Å². The van der Waals surface area contributed by atoms with Gasteiger partial charge in [-0.05, 0) is 61.9 Å². The van der Waals surface area contributed by atoms with E-state index in [1.807, 2.05) is 32.0 Å². The molecule has 1 fully saturated rings. The number of nitrogens with zero attached hydrogens (tertiary/aromatic N) is 3. The molecule has 4 rings (SSSR count). The van der Waals surface area contributed by atoms with E-state index in [2.05, 4.69) is 4.98 Å². The Balaban J connectivity index is 1.64. The molecule has 1 saturated heterocycles. The van der Waals surface area contributed by atoms with E-state index in [9.17, 15) is 14.4 Å². The number of imide groups is 1. The van der Waals surface area contributed by atoms with E-state index in [-0.39, 0.29) is 24.8 Å². The normalized spacial score (nSPS) is 15.6. The minimum absolute atomic E-state index is 0.0795. The molecule has 0 aliphatic carbocycles. The molecule has 7 heteroatoms. The molecule has 1 atom stereocenters. The number of benzene rings is 2. The highest BCUT2D eigenvalue weighted by Gasteiger charge is 2.44. The van der Waals surface area contributed by atoms with Crippen molar-refractivity contribution in [3.8, 4) is 5.75 Å². The maximum Gasteiger partial charge on any atom is 0.257 e. The molecule has 7 nitrogen and oxygen atoms in total. The molecular formula is C26H25N3O4. The molecule has 1 aliphatic rings. The summed E-state index contributed by atoms with van der Waals surface area (Å²) in [6.45, 7) is 4.51. The monoisotopic (exact) mass is 443 g/mol. The summed E-state index contributed by atoms with van der Waals surface area (Å²) in [6.07, 6.45) is 3.22. The lowest BCUT2D eigenvalue weighted by Crippen LogP contribution is -2.45. The lowest BCUT2D eigenvalue weighted by Gasteiger charge is -2.28. The first kappa shape index (κ1) is 22.2. The number of carbonyl (C=O) groups excluding carboxylic acids is 3. The molecule has 0 spiro atoms. The average Bonchev–Trinajstić information content (AvgIpc) is 3.12. The van der Waals surface area contributed by atoms with Crippen molar-refractivity contribution in [1.29, 1.82) is 0 Å². The summed E-state index contributed by atoms with van der Waals surface area (Å²) in [6, 6.07) is 16.7. The first-order valence-electron chi connectivity index (χ1n) is 10.8. The number of rotatable bonds is 7. The van der Waals surface area contributed by atoms with Gasteiger partial charge in [-0.1, -0.05) is 23.8 Å². The Kier molecular flexibility index (Phi) is 6.49.